The maximum absolute atomic E-state index is 12.9. The average molecular weight is 380 g/mol. The molecular formula is C21H24N4O3. The summed E-state index contributed by atoms with van der Waals surface area (Å²) in [7, 11) is 1.59. The van der Waals surface area contributed by atoms with Crippen LogP contribution in [0.2, 0.25) is 0 Å². The molecule has 0 saturated carbocycles. The fourth-order valence-electron chi connectivity index (χ4n) is 4.02. The molecule has 0 radical (unpaired) electrons. The van der Waals surface area contributed by atoms with E-state index in [2.05, 4.69) is 4.98 Å². The summed E-state index contributed by atoms with van der Waals surface area (Å²) in [5.74, 6) is 1.44. The number of aromatic nitrogens is 2. The van der Waals surface area contributed by atoms with Crippen molar-refractivity contribution in [2.24, 2.45) is 0 Å². The van der Waals surface area contributed by atoms with E-state index in [1.165, 1.54) is 0 Å². The van der Waals surface area contributed by atoms with Crippen LogP contribution < -0.4 is 4.74 Å². The zero-order valence-corrected chi connectivity index (χ0v) is 16.2. The maximum Gasteiger partial charge on any atom is 0.254 e. The average Bonchev–Trinajstić information content (AvgIpc) is 3.23. The second-order valence-electron chi connectivity index (χ2n) is 7.28. The molecule has 7 nitrogen and oxygen atoms in total. The molecule has 28 heavy (non-hydrogen) atoms. The number of nitrogens with zero attached hydrogens (tertiary/aromatic N) is 4. The van der Waals surface area contributed by atoms with E-state index in [1.54, 1.807) is 26.2 Å². The first kappa shape index (κ1) is 18.4. The molecule has 1 saturated heterocycles. The number of rotatable bonds is 3. The molecular weight excluding hydrogens is 356 g/mol. The molecule has 2 aromatic rings. The fourth-order valence-corrected chi connectivity index (χ4v) is 4.02. The Kier molecular flexibility index (Phi) is 4.98. The monoisotopic (exact) mass is 380 g/mol. The van der Waals surface area contributed by atoms with Crippen molar-refractivity contribution in [2.45, 2.75) is 38.8 Å². The van der Waals surface area contributed by atoms with Crippen LogP contribution in [0.4, 0.5) is 0 Å². The first-order valence-corrected chi connectivity index (χ1v) is 9.62. The van der Waals surface area contributed by atoms with Crippen LogP contribution in [0, 0.1) is 0 Å². The van der Waals surface area contributed by atoms with Crippen molar-refractivity contribution in [3.63, 3.8) is 0 Å². The van der Waals surface area contributed by atoms with Crippen molar-refractivity contribution in [2.75, 3.05) is 20.2 Å². The van der Waals surface area contributed by atoms with Crippen LogP contribution in [0.5, 0.6) is 5.75 Å². The predicted octanol–water partition coefficient (Wildman–Crippen LogP) is 2.37. The van der Waals surface area contributed by atoms with E-state index in [0.29, 0.717) is 30.8 Å². The first-order chi connectivity index (χ1) is 13.6. The third-order valence-electron chi connectivity index (χ3n) is 5.51. The van der Waals surface area contributed by atoms with Gasteiger partial charge in [-0.2, -0.15) is 0 Å². The molecule has 7 heteroatoms. The summed E-state index contributed by atoms with van der Waals surface area (Å²) >= 11 is 0. The lowest BCUT2D eigenvalue weighted by Crippen LogP contribution is -2.37. The lowest BCUT2D eigenvalue weighted by molar-refractivity contribution is -0.129. The van der Waals surface area contributed by atoms with Gasteiger partial charge in [0.05, 0.1) is 18.8 Å². The molecule has 0 N–H and O–H groups in total. The van der Waals surface area contributed by atoms with Crippen LogP contribution in [0.3, 0.4) is 0 Å². The number of benzene rings is 1. The molecule has 1 aromatic heterocycles. The van der Waals surface area contributed by atoms with Crippen LogP contribution in [-0.2, 0) is 17.8 Å². The Bertz CT molecular complexity index is 914. The SMILES string of the molecule is COc1cccc(C(=O)N2CCc3nc([C@@H]4CCCN4C(C)=O)ncc3C2)c1. The van der Waals surface area contributed by atoms with Crippen molar-refractivity contribution in [3.05, 3.63) is 53.1 Å². The highest BCUT2D eigenvalue weighted by Crippen LogP contribution is 2.31. The van der Waals surface area contributed by atoms with Gasteiger partial charge < -0.3 is 14.5 Å². The summed E-state index contributed by atoms with van der Waals surface area (Å²) in [6, 6.07) is 7.18. The normalized spacial score (nSPS) is 18.7. The van der Waals surface area contributed by atoms with Gasteiger partial charge in [-0.15, -0.1) is 0 Å². The molecule has 3 heterocycles. The molecule has 2 amide bonds. The highest BCUT2D eigenvalue weighted by molar-refractivity contribution is 5.94. The van der Waals surface area contributed by atoms with Gasteiger partial charge in [0.2, 0.25) is 5.91 Å². The Morgan fingerprint density at radius 3 is 2.89 bits per heavy atom. The smallest absolute Gasteiger partial charge is 0.254 e. The van der Waals surface area contributed by atoms with Gasteiger partial charge in [-0.05, 0) is 31.0 Å². The zero-order valence-electron chi connectivity index (χ0n) is 16.2. The predicted molar refractivity (Wildman–Crippen MR) is 103 cm³/mol. The van der Waals surface area contributed by atoms with Gasteiger partial charge in [0.15, 0.2) is 5.82 Å². The number of ether oxygens (including phenoxy) is 1. The topological polar surface area (TPSA) is 75.6 Å². The van der Waals surface area contributed by atoms with E-state index in [9.17, 15) is 9.59 Å². The largest absolute Gasteiger partial charge is 0.497 e. The minimum atomic E-state index is -0.0285. The van der Waals surface area contributed by atoms with Gasteiger partial charge in [-0.1, -0.05) is 6.07 Å². The number of fused-ring (bicyclic) bond motifs is 1. The quantitative estimate of drug-likeness (QED) is 0.817. The van der Waals surface area contributed by atoms with E-state index in [1.807, 2.05) is 28.1 Å². The molecule has 1 aromatic carbocycles. The van der Waals surface area contributed by atoms with Gasteiger partial charge in [-0.25, -0.2) is 9.97 Å². The summed E-state index contributed by atoms with van der Waals surface area (Å²) in [5.41, 5.74) is 2.57. The van der Waals surface area contributed by atoms with Crippen molar-refractivity contribution < 1.29 is 14.3 Å². The van der Waals surface area contributed by atoms with E-state index in [4.69, 9.17) is 9.72 Å². The summed E-state index contributed by atoms with van der Waals surface area (Å²) in [5, 5.41) is 0. The third kappa shape index (κ3) is 3.44. The molecule has 0 aliphatic carbocycles. The summed E-state index contributed by atoms with van der Waals surface area (Å²) in [6.45, 7) is 3.47. The minimum absolute atomic E-state index is 0.0211. The highest BCUT2D eigenvalue weighted by Gasteiger charge is 2.31. The van der Waals surface area contributed by atoms with Gasteiger partial charge in [0, 0.05) is 50.3 Å². The van der Waals surface area contributed by atoms with Gasteiger partial charge >= 0.3 is 0 Å². The summed E-state index contributed by atoms with van der Waals surface area (Å²) in [6.07, 6.45) is 4.39. The van der Waals surface area contributed by atoms with Crippen LogP contribution in [0.1, 0.15) is 53.2 Å². The fraction of sp³-hybridized carbons (Fsp3) is 0.429. The molecule has 2 aliphatic rings. The molecule has 4 rings (SSSR count). The Morgan fingerprint density at radius 2 is 2.11 bits per heavy atom. The van der Waals surface area contributed by atoms with Crippen LogP contribution >= 0.6 is 0 Å². The number of amides is 2. The van der Waals surface area contributed by atoms with Crippen LogP contribution in [0.25, 0.3) is 0 Å². The van der Waals surface area contributed by atoms with Gasteiger partial charge in [0.25, 0.3) is 5.91 Å². The Hall–Kier alpha value is -2.96. The van der Waals surface area contributed by atoms with E-state index >= 15 is 0 Å². The number of carbonyl (C=O) groups excluding carboxylic acids is 2. The molecule has 146 valence electrons. The van der Waals surface area contributed by atoms with Crippen molar-refractivity contribution in [1.82, 2.24) is 19.8 Å². The number of methoxy groups -OCH3 is 1. The molecule has 2 aliphatic heterocycles. The zero-order chi connectivity index (χ0) is 19.7. The molecule has 1 atom stereocenters. The van der Waals surface area contributed by atoms with E-state index in [0.717, 1.165) is 36.5 Å². The third-order valence-corrected chi connectivity index (χ3v) is 5.51. The summed E-state index contributed by atoms with van der Waals surface area (Å²) < 4.78 is 5.22. The van der Waals surface area contributed by atoms with Crippen molar-refractivity contribution >= 4 is 11.8 Å². The Morgan fingerprint density at radius 1 is 1.25 bits per heavy atom. The Labute approximate surface area is 164 Å². The second kappa shape index (κ2) is 7.58. The first-order valence-electron chi connectivity index (χ1n) is 9.62. The lowest BCUT2D eigenvalue weighted by Gasteiger charge is -2.29. The van der Waals surface area contributed by atoms with Crippen LogP contribution in [-0.4, -0.2) is 51.8 Å². The number of carbonyl (C=O) groups is 2. The minimum Gasteiger partial charge on any atom is -0.497 e. The molecule has 1 fully saturated rings. The number of hydrogen-bond donors (Lipinski definition) is 0. The number of hydrogen-bond acceptors (Lipinski definition) is 5. The van der Waals surface area contributed by atoms with E-state index < -0.39 is 0 Å². The Balaban J connectivity index is 1.52. The molecule has 0 spiro atoms. The van der Waals surface area contributed by atoms with Crippen molar-refractivity contribution in [1.29, 1.82) is 0 Å². The standard InChI is InChI=1S/C21H24N4O3/c1-14(26)25-9-4-7-19(25)20-22-12-16-13-24(10-8-18(16)23-20)21(27)15-5-3-6-17(11-15)28-2/h3,5-6,11-12,19H,4,7-10,13H2,1-2H3/t19-/m0/s1. The van der Waals surface area contributed by atoms with Gasteiger partial charge in [-0.3, -0.25) is 9.59 Å². The number of likely N-dealkylation sites (tertiary alicyclic amines) is 1. The van der Waals surface area contributed by atoms with Crippen LogP contribution in [0.15, 0.2) is 30.5 Å². The maximum atomic E-state index is 12.9. The highest BCUT2D eigenvalue weighted by atomic mass is 16.5. The van der Waals surface area contributed by atoms with Crippen molar-refractivity contribution in [3.8, 4) is 5.75 Å². The molecule has 0 bridgehead atoms. The van der Waals surface area contributed by atoms with Gasteiger partial charge in [0.1, 0.15) is 5.75 Å². The molecule has 0 unspecified atom stereocenters. The summed E-state index contributed by atoms with van der Waals surface area (Å²) in [4.78, 5) is 37.7. The second-order valence-corrected chi connectivity index (χ2v) is 7.28. The van der Waals surface area contributed by atoms with E-state index in [-0.39, 0.29) is 17.9 Å². The lowest BCUT2D eigenvalue weighted by atomic mass is 10.0.